The Labute approximate surface area is 168 Å². The number of thioether (sulfide) groups is 1. The number of pyridine rings is 1. The van der Waals surface area contributed by atoms with Crippen LogP contribution in [0.2, 0.25) is 0 Å². The number of aliphatic imine (C=N–C) groups is 1. The van der Waals surface area contributed by atoms with Gasteiger partial charge in [0.1, 0.15) is 5.84 Å². The molecular weight excluding hydrogens is 462 g/mol. The van der Waals surface area contributed by atoms with Gasteiger partial charge < -0.3 is 4.90 Å². The zero-order valence-corrected chi connectivity index (χ0v) is 17.2. The van der Waals surface area contributed by atoms with Crippen LogP contribution in [-0.2, 0) is 0 Å². The van der Waals surface area contributed by atoms with Crippen molar-refractivity contribution in [3.8, 4) is 0 Å². The van der Waals surface area contributed by atoms with Gasteiger partial charge in [0.15, 0.2) is 0 Å². The Hall–Kier alpha value is -1.37. The van der Waals surface area contributed by atoms with Crippen LogP contribution in [0.4, 0.5) is 0 Å². The number of hydrogen-bond donors (Lipinski definition) is 0. The van der Waals surface area contributed by atoms with Crippen molar-refractivity contribution in [2.75, 3.05) is 0 Å². The average Bonchev–Trinajstić information content (AvgIpc) is 2.64. The van der Waals surface area contributed by atoms with Crippen LogP contribution in [0, 0.1) is 0 Å². The highest BCUT2D eigenvalue weighted by Gasteiger charge is 2.34. The Bertz CT molecular complexity index is 849. The molecule has 0 amide bonds. The molecule has 0 bridgehead atoms. The highest BCUT2D eigenvalue weighted by Crippen LogP contribution is 2.41. The van der Waals surface area contributed by atoms with Gasteiger partial charge in [0.25, 0.3) is 0 Å². The van der Waals surface area contributed by atoms with Crippen LogP contribution in [0.1, 0.15) is 18.2 Å². The van der Waals surface area contributed by atoms with Crippen LogP contribution in [0.15, 0.2) is 85.9 Å². The number of allylic oxidation sites excluding steroid dienone is 2. The third kappa shape index (κ3) is 3.76. The third-order valence-corrected chi connectivity index (χ3v) is 6.30. The molecule has 4 rings (SSSR count). The van der Waals surface area contributed by atoms with Crippen LogP contribution < -0.4 is 0 Å². The maximum atomic E-state index is 4.97. The SMILES string of the molecule is BrC1=CN2C(=NC(c3ccccn3)CC2Sc2ccccc2)C(Br)=C1. The first-order valence-electron chi connectivity index (χ1n) is 7.94. The molecule has 3 nitrogen and oxygen atoms in total. The lowest BCUT2D eigenvalue weighted by Gasteiger charge is -2.38. The number of rotatable bonds is 3. The fraction of sp³-hybridized carbons (Fsp3) is 0.158. The van der Waals surface area contributed by atoms with Crippen molar-refractivity contribution in [2.24, 2.45) is 4.99 Å². The Morgan fingerprint density at radius 3 is 2.60 bits per heavy atom. The Morgan fingerprint density at radius 2 is 1.84 bits per heavy atom. The van der Waals surface area contributed by atoms with Crippen LogP contribution in [-0.4, -0.2) is 21.1 Å². The minimum Gasteiger partial charge on any atom is -0.318 e. The molecule has 0 fully saturated rings. The molecule has 0 spiro atoms. The predicted molar refractivity (Wildman–Crippen MR) is 111 cm³/mol. The van der Waals surface area contributed by atoms with E-state index in [4.69, 9.17) is 4.99 Å². The maximum absolute atomic E-state index is 4.97. The zero-order chi connectivity index (χ0) is 17.2. The highest BCUT2D eigenvalue weighted by molar-refractivity contribution is 9.12. The molecular formula is C19H15Br2N3S. The summed E-state index contributed by atoms with van der Waals surface area (Å²) in [4.78, 5) is 13.0. The van der Waals surface area contributed by atoms with E-state index >= 15 is 0 Å². The lowest BCUT2D eigenvalue weighted by Crippen LogP contribution is -2.40. The Balaban J connectivity index is 1.71. The lowest BCUT2D eigenvalue weighted by atomic mass is 10.1. The first kappa shape index (κ1) is 17.1. The van der Waals surface area contributed by atoms with Gasteiger partial charge in [0.05, 0.1) is 21.6 Å². The first-order chi connectivity index (χ1) is 12.2. The standard InChI is InChI=1S/C19H15Br2N3S/c20-13-10-15(21)19-23-17(16-8-4-5-9-22-16)11-18(24(19)12-13)25-14-6-2-1-3-7-14/h1-10,12,17-18H,11H2. The van der Waals surface area contributed by atoms with Gasteiger partial charge in [-0.25, -0.2) is 0 Å². The maximum Gasteiger partial charge on any atom is 0.143 e. The highest BCUT2D eigenvalue weighted by atomic mass is 79.9. The summed E-state index contributed by atoms with van der Waals surface area (Å²) >= 11 is 9.13. The predicted octanol–water partition coefficient (Wildman–Crippen LogP) is 5.87. The minimum atomic E-state index is 0.0555. The van der Waals surface area contributed by atoms with Crippen molar-refractivity contribution in [3.05, 3.63) is 81.7 Å². The van der Waals surface area contributed by atoms with E-state index < -0.39 is 0 Å². The van der Waals surface area contributed by atoms with E-state index in [0.29, 0.717) is 0 Å². The molecule has 2 aliphatic rings. The van der Waals surface area contributed by atoms with Crippen molar-refractivity contribution in [2.45, 2.75) is 22.7 Å². The fourth-order valence-corrected chi connectivity index (χ4v) is 5.41. The molecule has 2 aromatic rings. The van der Waals surface area contributed by atoms with Crippen LogP contribution >= 0.6 is 43.6 Å². The summed E-state index contributed by atoms with van der Waals surface area (Å²) in [5, 5.41) is 0.246. The smallest absolute Gasteiger partial charge is 0.143 e. The number of fused-ring (bicyclic) bond motifs is 1. The van der Waals surface area contributed by atoms with Gasteiger partial charge in [0, 0.05) is 28.2 Å². The number of nitrogens with zero attached hydrogens (tertiary/aromatic N) is 3. The van der Waals surface area contributed by atoms with E-state index in [1.807, 2.05) is 42.2 Å². The summed E-state index contributed by atoms with van der Waals surface area (Å²) in [5.74, 6) is 0.957. The van der Waals surface area contributed by atoms with Crippen molar-refractivity contribution >= 4 is 49.5 Å². The van der Waals surface area contributed by atoms with Gasteiger partial charge in [0.2, 0.25) is 0 Å². The Morgan fingerprint density at radius 1 is 1.04 bits per heavy atom. The quantitative estimate of drug-likeness (QED) is 0.554. The average molecular weight is 477 g/mol. The van der Waals surface area contributed by atoms with Crippen molar-refractivity contribution < 1.29 is 0 Å². The molecule has 126 valence electrons. The summed E-state index contributed by atoms with van der Waals surface area (Å²) in [7, 11) is 0. The minimum absolute atomic E-state index is 0.0555. The second kappa shape index (κ2) is 7.48. The molecule has 6 heteroatoms. The third-order valence-electron chi connectivity index (χ3n) is 4.04. The summed E-state index contributed by atoms with van der Waals surface area (Å²) < 4.78 is 2.02. The molecule has 0 saturated carbocycles. The van der Waals surface area contributed by atoms with E-state index in [-0.39, 0.29) is 11.4 Å². The molecule has 1 aromatic carbocycles. The van der Waals surface area contributed by atoms with Crippen molar-refractivity contribution in [1.82, 2.24) is 9.88 Å². The van der Waals surface area contributed by atoms with Gasteiger partial charge >= 0.3 is 0 Å². The van der Waals surface area contributed by atoms with E-state index in [0.717, 1.165) is 26.9 Å². The molecule has 0 saturated heterocycles. The van der Waals surface area contributed by atoms with Gasteiger partial charge in [-0.15, -0.1) is 11.8 Å². The van der Waals surface area contributed by atoms with E-state index in [1.165, 1.54) is 4.90 Å². The molecule has 0 N–H and O–H groups in total. The number of hydrogen-bond acceptors (Lipinski definition) is 4. The molecule has 2 unspecified atom stereocenters. The molecule has 25 heavy (non-hydrogen) atoms. The number of aromatic nitrogens is 1. The zero-order valence-electron chi connectivity index (χ0n) is 13.2. The second-order valence-corrected chi connectivity index (χ2v) is 8.78. The molecule has 3 heterocycles. The van der Waals surface area contributed by atoms with E-state index in [9.17, 15) is 0 Å². The number of amidine groups is 1. The van der Waals surface area contributed by atoms with Crippen molar-refractivity contribution in [1.29, 1.82) is 0 Å². The summed E-state index contributed by atoms with van der Waals surface area (Å²) in [6, 6.07) is 16.6. The first-order valence-corrected chi connectivity index (χ1v) is 10.4. The Kier molecular flexibility index (Phi) is 5.10. The van der Waals surface area contributed by atoms with Crippen LogP contribution in [0.5, 0.6) is 0 Å². The van der Waals surface area contributed by atoms with Gasteiger partial charge in [-0.3, -0.25) is 9.98 Å². The van der Waals surface area contributed by atoms with Crippen LogP contribution in [0.25, 0.3) is 0 Å². The fourth-order valence-electron chi connectivity index (χ4n) is 2.91. The van der Waals surface area contributed by atoms with Gasteiger partial charge in [-0.2, -0.15) is 0 Å². The molecule has 2 aliphatic heterocycles. The second-order valence-electron chi connectivity index (χ2n) is 5.76. The summed E-state index contributed by atoms with van der Waals surface area (Å²) in [6.07, 6.45) is 6.89. The molecule has 0 radical (unpaired) electrons. The number of halogens is 2. The van der Waals surface area contributed by atoms with Crippen LogP contribution in [0.3, 0.4) is 0 Å². The lowest BCUT2D eigenvalue weighted by molar-refractivity contribution is 0.418. The summed E-state index contributed by atoms with van der Waals surface area (Å²) in [5.41, 5.74) is 1.02. The molecule has 1 aromatic heterocycles. The topological polar surface area (TPSA) is 28.5 Å². The summed E-state index contributed by atoms with van der Waals surface area (Å²) in [6.45, 7) is 0. The van der Waals surface area contributed by atoms with Gasteiger partial charge in [-0.1, -0.05) is 24.3 Å². The van der Waals surface area contributed by atoms with Gasteiger partial charge in [-0.05, 0) is 62.2 Å². The van der Waals surface area contributed by atoms with E-state index in [1.54, 1.807) is 0 Å². The molecule has 0 aliphatic carbocycles. The normalized spacial score (nSPS) is 22.6. The number of benzene rings is 1. The van der Waals surface area contributed by atoms with Crippen molar-refractivity contribution in [3.63, 3.8) is 0 Å². The molecule has 2 atom stereocenters. The monoisotopic (exact) mass is 475 g/mol. The van der Waals surface area contributed by atoms with E-state index in [2.05, 4.69) is 78.3 Å². The largest absolute Gasteiger partial charge is 0.318 e.